The molecule has 2 aromatic carbocycles. The van der Waals surface area contributed by atoms with Crippen LogP contribution in [0.1, 0.15) is 22.2 Å². The normalized spacial score (nSPS) is 12.9. The molecule has 4 rings (SSSR count). The molecule has 0 fully saturated rings. The number of halogens is 1. The lowest BCUT2D eigenvalue weighted by Crippen LogP contribution is -2.27. The Labute approximate surface area is 189 Å². The quantitative estimate of drug-likeness (QED) is 0.404. The van der Waals surface area contributed by atoms with Gasteiger partial charge in [-0.1, -0.05) is 53.7 Å². The Hall–Kier alpha value is -2.46. The number of thioether (sulfide) groups is 1. The van der Waals surface area contributed by atoms with Crippen LogP contribution in [-0.4, -0.2) is 34.5 Å². The van der Waals surface area contributed by atoms with E-state index in [1.165, 1.54) is 23.9 Å². The van der Waals surface area contributed by atoms with Crippen molar-refractivity contribution in [1.82, 2.24) is 24.3 Å². The summed E-state index contributed by atoms with van der Waals surface area (Å²) in [7, 11) is -3.69. The Balaban J connectivity index is 1.62. The molecule has 0 bridgehead atoms. The van der Waals surface area contributed by atoms with Gasteiger partial charge in [-0.05, 0) is 49.7 Å². The Bertz CT molecular complexity index is 1310. The molecule has 2 aromatic heterocycles. The molecule has 160 valence electrons. The van der Waals surface area contributed by atoms with Gasteiger partial charge in [0, 0.05) is 23.0 Å². The van der Waals surface area contributed by atoms with E-state index in [4.69, 9.17) is 11.6 Å². The van der Waals surface area contributed by atoms with Crippen LogP contribution in [-0.2, 0) is 10.0 Å². The lowest BCUT2D eigenvalue weighted by Gasteiger charge is -2.17. The van der Waals surface area contributed by atoms with Crippen LogP contribution in [0.15, 0.2) is 70.7 Å². The van der Waals surface area contributed by atoms with E-state index in [2.05, 4.69) is 19.9 Å². The summed E-state index contributed by atoms with van der Waals surface area (Å²) in [6.45, 7) is 4.05. The van der Waals surface area contributed by atoms with E-state index in [9.17, 15) is 8.42 Å². The summed E-state index contributed by atoms with van der Waals surface area (Å²) in [5.41, 5.74) is 2.80. The monoisotopic (exact) mass is 473 g/mol. The lowest BCUT2D eigenvalue weighted by atomic mass is 10.1. The van der Waals surface area contributed by atoms with E-state index in [-0.39, 0.29) is 16.7 Å². The number of aryl methyl sites for hydroxylation is 2. The first-order valence-electron chi connectivity index (χ1n) is 9.50. The Morgan fingerprint density at radius 2 is 1.77 bits per heavy atom. The maximum Gasteiger partial charge on any atom is 0.256 e. The first-order valence-corrected chi connectivity index (χ1v) is 12.2. The van der Waals surface area contributed by atoms with Gasteiger partial charge in [-0.2, -0.15) is 0 Å². The van der Waals surface area contributed by atoms with Crippen LogP contribution in [0.25, 0.3) is 5.78 Å². The Morgan fingerprint density at radius 1 is 1.06 bits per heavy atom. The van der Waals surface area contributed by atoms with Gasteiger partial charge in [-0.15, -0.1) is 10.2 Å². The Kier molecular flexibility index (Phi) is 6.29. The second-order valence-corrected chi connectivity index (χ2v) is 10.4. The summed E-state index contributed by atoms with van der Waals surface area (Å²) in [4.78, 5) is 4.59. The van der Waals surface area contributed by atoms with E-state index < -0.39 is 10.0 Å². The number of nitrogens with zero attached hydrogens (tertiary/aromatic N) is 4. The summed E-state index contributed by atoms with van der Waals surface area (Å²) in [6.07, 6.45) is 0. The highest BCUT2D eigenvalue weighted by Gasteiger charge is 2.22. The molecule has 10 heteroatoms. The number of hydrogen-bond donors (Lipinski definition) is 1. The third-order valence-corrected chi connectivity index (χ3v) is 7.55. The van der Waals surface area contributed by atoms with E-state index in [1.54, 1.807) is 12.1 Å². The molecule has 0 saturated carbocycles. The molecular weight excluding hydrogens is 454 g/mol. The fourth-order valence-electron chi connectivity index (χ4n) is 3.18. The van der Waals surface area contributed by atoms with Crippen molar-refractivity contribution in [3.63, 3.8) is 0 Å². The molecule has 0 spiro atoms. The smallest absolute Gasteiger partial charge is 0.256 e. The van der Waals surface area contributed by atoms with E-state index in [0.717, 1.165) is 17.0 Å². The minimum absolute atomic E-state index is 0.164. The number of sulfonamides is 1. The van der Waals surface area contributed by atoms with Gasteiger partial charge in [-0.3, -0.25) is 4.40 Å². The van der Waals surface area contributed by atoms with Crippen LogP contribution in [0.5, 0.6) is 0 Å². The molecule has 0 unspecified atom stereocenters. The van der Waals surface area contributed by atoms with Crippen molar-refractivity contribution in [2.24, 2.45) is 0 Å². The highest BCUT2D eigenvalue weighted by molar-refractivity contribution is 7.99. The number of aromatic nitrogens is 4. The van der Waals surface area contributed by atoms with Crippen molar-refractivity contribution < 1.29 is 8.42 Å². The topological polar surface area (TPSA) is 89.2 Å². The zero-order valence-corrected chi connectivity index (χ0v) is 19.2. The molecular formula is C21H20ClN5O2S2. The molecule has 7 nitrogen and oxygen atoms in total. The second kappa shape index (κ2) is 8.96. The van der Waals surface area contributed by atoms with Gasteiger partial charge in [-0.25, -0.2) is 18.1 Å². The van der Waals surface area contributed by atoms with Crippen LogP contribution >= 0.6 is 23.4 Å². The molecule has 0 radical (unpaired) electrons. The minimum Gasteiger partial charge on any atom is -0.259 e. The van der Waals surface area contributed by atoms with Gasteiger partial charge < -0.3 is 0 Å². The molecule has 4 aromatic rings. The number of nitrogens with one attached hydrogen (secondary N) is 1. The molecule has 31 heavy (non-hydrogen) atoms. The minimum atomic E-state index is -3.69. The maximum absolute atomic E-state index is 12.8. The number of fused-ring (bicyclic) bond motifs is 1. The second-order valence-electron chi connectivity index (χ2n) is 6.98. The van der Waals surface area contributed by atoms with Gasteiger partial charge >= 0.3 is 0 Å². The van der Waals surface area contributed by atoms with Crippen LogP contribution < -0.4 is 4.72 Å². The number of benzene rings is 2. The molecule has 0 amide bonds. The third kappa shape index (κ3) is 4.90. The third-order valence-electron chi connectivity index (χ3n) is 4.66. The standard InChI is InChI=1S/C21H20ClN5O2S2/c1-14-12-15(2)27-20(24-14)25-26-21(27)30-19(16-6-4-3-5-7-16)13-23-31(28,29)18-10-8-17(22)9-11-18/h3-12,19,23H,13H2,1-2H3/t19-/m1/s1. The highest BCUT2D eigenvalue weighted by Crippen LogP contribution is 2.34. The Morgan fingerprint density at radius 3 is 2.48 bits per heavy atom. The fraction of sp³-hybridized carbons (Fsp3) is 0.190. The van der Waals surface area contributed by atoms with Crippen molar-refractivity contribution in [1.29, 1.82) is 0 Å². The fourth-order valence-corrected chi connectivity index (χ4v) is 5.59. The van der Waals surface area contributed by atoms with E-state index >= 15 is 0 Å². The summed E-state index contributed by atoms with van der Waals surface area (Å²) in [5.74, 6) is 0.522. The molecule has 1 N–H and O–H groups in total. The van der Waals surface area contributed by atoms with E-state index in [0.29, 0.717) is 16.0 Å². The highest BCUT2D eigenvalue weighted by atomic mass is 35.5. The zero-order chi connectivity index (χ0) is 22.0. The molecule has 1 atom stereocenters. The number of hydrogen-bond acceptors (Lipinski definition) is 6. The van der Waals surface area contributed by atoms with Crippen molar-refractivity contribution in [2.45, 2.75) is 29.1 Å². The van der Waals surface area contributed by atoms with Crippen molar-refractivity contribution in [3.05, 3.63) is 82.6 Å². The zero-order valence-electron chi connectivity index (χ0n) is 16.9. The molecule has 0 aliphatic rings. The van der Waals surface area contributed by atoms with Crippen molar-refractivity contribution in [2.75, 3.05) is 6.54 Å². The SMILES string of the molecule is Cc1cc(C)n2c(S[C@H](CNS(=O)(=O)c3ccc(Cl)cc3)c3ccccc3)nnc2n1. The first kappa shape index (κ1) is 21.8. The van der Waals surface area contributed by atoms with Gasteiger partial charge in [0.15, 0.2) is 5.16 Å². The van der Waals surface area contributed by atoms with Crippen LogP contribution in [0.3, 0.4) is 0 Å². The average molecular weight is 474 g/mol. The maximum atomic E-state index is 12.8. The number of rotatable bonds is 7. The van der Waals surface area contributed by atoms with E-state index in [1.807, 2.05) is 54.6 Å². The lowest BCUT2D eigenvalue weighted by molar-refractivity contribution is 0.581. The summed E-state index contributed by atoms with van der Waals surface area (Å²) >= 11 is 7.32. The predicted octanol–water partition coefficient (Wildman–Crippen LogP) is 4.21. The molecule has 0 aliphatic heterocycles. The summed E-state index contributed by atoms with van der Waals surface area (Å²) < 4.78 is 30.1. The van der Waals surface area contributed by atoms with Gasteiger partial charge in [0.2, 0.25) is 10.0 Å². The summed E-state index contributed by atoms with van der Waals surface area (Å²) in [5, 5.41) is 9.39. The predicted molar refractivity (Wildman–Crippen MR) is 122 cm³/mol. The van der Waals surface area contributed by atoms with Gasteiger partial charge in [0.25, 0.3) is 5.78 Å². The van der Waals surface area contributed by atoms with Crippen molar-refractivity contribution >= 4 is 39.2 Å². The van der Waals surface area contributed by atoms with Crippen LogP contribution in [0, 0.1) is 13.8 Å². The molecule has 0 saturated heterocycles. The first-order chi connectivity index (χ1) is 14.8. The van der Waals surface area contributed by atoms with Gasteiger partial charge in [0.1, 0.15) is 0 Å². The summed E-state index contributed by atoms with van der Waals surface area (Å²) in [6, 6.07) is 17.7. The molecule has 0 aliphatic carbocycles. The average Bonchev–Trinajstić information content (AvgIpc) is 3.15. The van der Waals surface area contributed by atoms with Crippen molar-refractivity contribution in [3.8, 4) is 0 Å². The largest absolute Gasteiger partial charge is 0.259 e. The van der Waals surface area contributed by atoms with Crippen LogP contribution in [0.2, 0.25) is 5.02 Å². The van der Waals surface area contributed by atoms with Crippen LogP contribution in [0.4, 0.5) is 0 Å². The molecule has 2 heterocycles. The van der Waals surface area contributed by atoms with Gasteiger partial charge in [0.05, 0.1) is 10.1 Å².